The zero-order chi connectivity index (χ0) is 8.15. The molecule has 0 fully saturated rings. The standard InChI is InChI=1S/C5H12N4O/c1-3(4(10)8-2)9-5(6)7/h3H,1-2H3,(H,8,10)(H4,6,7,9). The minimum Gasteiger partial charge on any atom is -0.370 e. The predicted molar refractivity (Wildman–Crippen MR) is 39.3 cm³/mol. The number of nitrogens with zero attached hydrogens (tertiary/aromatic N) is 1. The fraction of sp³-hybridized carbons (Fsp3) is 0.600. The van der Waals surface area contributed by atoms with Gasteiger partial charge in [-0.1, -0.05) is 0 Å². The quantitative estimate of drug-likeness (QED) is 0.321. The van der Waals surface area contributed by atoms with Gasteiger partial charge in [0.2, 0.25) is 5.91 Å². The Bertz CT molecular complexity index is 150. The first kappa shape index (κ1) is 8.74. The molecule has 0 radical (unpaired) electrons. The molecule has 0 aliphatic carbocycles. The molecular formula is C5H12N4O. The van der Waals surface area contributed by atoms with Gasteiger partial charge in [0, 0.05) is 7.05 Å². The van der Waals surface area contributed by atoms with Gasteiger partial charge in [-0.05, 0) is 6.92 Å². The lowest BCUT2D eigenvalue weighted by molar-refractivity contribution is -0.121. The number of likely N-dealkylation sites (N-methyl/N-ethyl adjacent to an activating group) is 1. The summed E-state index contributed by atoms with van der Waals surface area (Å²) in [6.45, 7) is 1.61. The number of hydrogen-bond acceptors (Lipinski definition) is 2. The first-order valence-corrected chi connectivity index (χ1v) is 2.88. The van der Waals surface area contributed by atoms with E-state index in [0.717, 1.165) is 0 Å². The van der Waals surface area contributed by atoms with E-state index in [1.54, 1.807) is 6.92 Å². The summed E-state index contributed by atoms with van der Waals surface area (Å²) >= 11 is 0. The fourth-order valence-electron chi connectivity index (χ4n) is 0.491. The second kappa shape index (κ2) is 3.71. The second-order valence-corrected chi connectivity index (χ2v) is 1.84. The van der Waals surface area contributed by atoms with Gasteiger partial charge in [-0.2, -0.15) is 0 Å². The van der Waals surface area contributed by atoms with Gasteiger partial charge < -0.3 is 16.8 Å². The van der Waals surface area contributed by atoms with Gasteiger partial charge in [0.25, 0.3) is 0 Å². The molecule has 5 heteroatoms. The van der Waals surface area contributed by atoms with Crippen LogP contribution in [0, 0.1) is 0 Å². The summed E-state index contributed by atoms with van der Waals surface area (Å²) in [5.41, 5.74) is 10.1. The fourth-order valence-corrected chi connectivity index (χ4v) is 0.491. The highest BCUT2D eigenvalue weighted by Gasteiger charge is 2.07. The molecule has 10 heavy (non-hydrogen) atoms. The minimum atomic E-state index is -0.505. The largest absolute Gasteiger partial charge is 0.370 e. The zero-order valence-corrected chi connectivity index (χ0v) is 6.09. The first-order chi connectivity index (χ1) is 4.57. The van der Waals surface area contributed by atoms with Crippen LogP contribution in [-0.2, 0) is 4.79 Å². The van der Waals surface area contributed by atoms with E-state index in [-0.39, 0.29) is 11.9 Å². The van der Waals surface area contributed by atoms with E-state index in [4.69, 9.17) is 11.5 Å². The van der Waals surface area contributed by atoms with E-state index < -0.39 is 6.04 Å². The van der Waals surface area contributed by atoms with Crippen LogP contribution in [0.3, 0.4) is 0 Å². The third-order valence-corrected chi connectivity index (χ3v) is 0.969. The Labute approximate surface area is 59.5 Å². The number of nitrogens with two attached hydrogens (primary N) is 2. The summed E-state index contributed by atoms with van der Waals surface area (Å²) in [6.07, 6.45) is 0. The summed E-state index contributed by atoms with van der Waals surface area (Å²) in [4.78, 5) is 14.3. The Kier molecular flexibility index (Phi) is 3.24. The topological polar surface area (TPSA) is 93.5 Å². The number of hydrogen-bond donors (Lipinski definition) is 3. The SMILES string of the molecule is CNC(=O)C(C)N=C(N)N. The summed E-state index contributed by atoms with van der Waals surface area (Å²) in [6, 6.07) is -0.505. The Morgan fingerprint density at radius 3 is 2.40 bits per heavy atom. The van der Waals surface area contributed by atoms with Crippen LogP contribution < -0.4 is 16.8 Å². The number of aliphatic imine (C=N–C) groups is 1. The Morgan fingerprint density at radius 1 is 1.60 bits per heavy atom. The average Bonchev–Trinajstić information content (AvgIpc) is 1.85. The van der Waals surface area contributed by atoms with Gasteiger partial charge in [0.05, 0.1) is 0 Å². The molecule has 0 aliphatic rings. The van der Waals surface area contributed by atoms with Crippen molar-refractivity contribution >= 4 is 11.9 Å². The lowest BCUT2D eigenvalue weighted by Gasteiger charge is -2.03. The van der Waals surface area contributed by atoms with Gasteiger partial charge in [0.1, 0.15) is 6.04 Å². The zero-order valence-electron chi connectivity index (χ0n) is 6.09. The van der Waals surface area contributed by atoms with Crippen LogP contribution in [0.25, 0.3) is 0 Å². The summed E-state index contributed by atoms with van der Waals surface area (Å²) in [5.74, 6) is -0.274. The molecule has 0 rings (SSSR count). The third-order valence-electron chi connectivity index (χ3n) is 0.969. The van der Waals surface area contributed by atoms with E-state index in [0.29, 0.717) is 0 Å². The molecule has 5 N–H and O–H groups in total. The van der Waals surface area contributed by atoms with Crippen molar-refractivity contribution in [2.45, 2.75) is 13.0 Å². The molecular weight excluding hydrogens is 132 g/mol. The number of amides is 1. The first-order valence-electron chi connectivity index (χ1n) is 2.88. The molecule has 5 nitrogen and oxygen atoms in total. The Hall–Kier alpha value is -1.26. The Balaban J connectivity index is 3.96. The number of carbonyl (C=O) groups is 1. The predicted octanol–water partition coefficient (Wildman–Crippen LogP) is -1.61. The van der Waals surface area contributed by atoms with Crippen molar-refractivity contribution in [2.24, 2.45) is 16.5 Å². The van der Waals surface area contributed by atoms with Crippen molar-refractivity contribution in [2.75, 3.05) is 7.05 Å². The van der Waals surface area contributed by atoms with Gasteiger partial charge in [0.15, 0.2) is 5.96 Å². The van der Waals surface area contributed by atoms with Crippen LogP contribution in [0.5, 0.6) is 0 Å². The van der Waals surface area contributed by atoms with Gasteiger partial charge in [-0.15, -0.1) is 0 Å². The van der Waals surface area contributed by atoms with Crippen molar-refractivity contribution in [3.8, 4) is 0 Å². The molecule has 1 amide bonds. The van der Waals surface area contributed by atoms with E-state index in [1.165, 1.54) is 7.05 Å². The van der Waals surface area contributed by atoms with Crippen LogP contribution in [0.1, 0.15) is 6.92 Å². The molecule has 0 aromatic rings. The molecule has 0 aromatic carbocycles. The van der Waals surface area contributed by atoms with Gasteiger partial charge >= 0.3 is 0 Å². The van der Waals surface area contributed by atoms with Gasteiger partial charge in [-0.25, -0.2) is 4.99 Å². The van der Waals surface area contributed by atoms with Crippen molar-refractivity contribution in [3.05, 3.63) is 0 Å². The lowest BCUT2D eigenvalue weighted by Crippen LogP contribution is -2.32. The highest BCUT2D eigenvalue weighted by molar-refractivity contribution is 5.85. The number of nitrogens with one attached hydrogen (secondary N) is 1. The lowest BCUT2D eigenvalue weighted by atomic mass is 10.3. The maximum atomic E-state index is 10.7. The molecule has 0 aliphatic heterocycles. The highest BCUT2D eigenvalue weighted by Crippen LogP contribution is 1.86. The normalized spacial score (nSPS) is 11.8. The van der Waals surface area contributed by atoms with Crippen LogP contribution in [0.4, 0.5) is 0 Å². The van der Waals surface area contributed by atoms with Crippen LogP contribution in [0.2, 0.25) is 0 Å². The maximum absolute atomic E-state index is 10.7. The molecule has 0 aromatic heterocycles. The molecule has 0 bridgehead atoms. The molecule has 1 unspecified atom stereocenters. The van der Waals surface area contributed by atoms with E-state index in [2.05, 4.69) is 10.3 Å². The van der Waals surface area contributed by atoms with E-state index in [9.17, 15) is 4.79 Å². The molecule has 58 valence electrons. The molecule has 0 heterocycles. The van der Waals surface area contributed by atoms with Crippen molar-refractivity contribution in [3.63, 3.8) is 0 Å². The monoisotopic (exact) mass is 144 g/mol. The molecule has 0 saturated heterocycles. The summed E-state index contributed by atoms with van der Waals surface area (Å²) in [5, 5.41) is 2.41. The van der Waals surface area contributed by atoms with Crippen molar-refractivity contribution < 1.29 is 4.79 Å². The molecule has 1 atom stereocenters. The summed E-state index contributed by atoms with van der Waals surface area (Å²) in [7, 11) is 1.53. The van der Waals surface area contributed by atoms with Crippen LogP contribution in [-0.4, -0.2) is 25.0 Å². The smallest absolute Gasteiger partial charge is 0.244 e. The van der Waals surface area contributed by atoms with Gasteiger partial charge in [-0.3, -0.25) is 4.79 Å². The van der Waals surface area contributed by atoms with Crippen molar-refractivity contribution in [1.29, 1.82) is 0 Å². The maximum Gasteiger partial charge on any atom is 0.244 e. The van der Waals surface area contributed by atoms with Crippen molar-refractivity contribution in [1.82, 2.24) is 5.32 Å². The van der Waals surface area contributed by atoms with Crippen LogP contribution in [0.15, 0.2) is 4.99 Å². The number of rotatable bonds is 2. The summed E-state index contributed by atoms with van der Waals surface area (Å²) < 4.78 is 0. The van der Waals surface area contributed by atoms with E-state index in [1.807, 2.05) is 0 Å². The average molecular weight is 144 g/mol. The van der Waals surface area contributed by atoms with Crippen LogP contribution >= 0.6 is 0 Å². The second-order valence-electron chi connectivity index (χ2n) is 1.84. The number of guanidine groups is 1. The molecule has 0 saturated carbocycles. The third kappa shape index (κ3) is 2.91. The van der Waals surface area contributed by atoms with E-state index >= 15 is 0 Å². The Morgan fingerprint density at radius 2 is 2.10 bits per heavy atom. The highest BCUT2D eigenvalue weighted by atomic mass is 16.2. The number of carbonyl (C=O) groups excluding carboxylic acids is 1. The minimum absolute atomic E-state index is 0.0731. The molecule has 0 spiro atoms.